The van der Waals surface area contributed by atoms with Gasteiger partial charge in [-0.2, -0.15) is 5.10 Å². The molecule has 0 unspecified atom stereocenters. The van der Waals surface area contributed by atoms with Crippen LogP contribution in [0.2, 0.25) is 5.02 Å². The number of nitrogens with zero attached hydrogens (tertiary/aromatic N) is 2. The van der Waals surface area contributed by atoms with E-state index in [2.05, 4.69) is 31.0 Å². The Kier molecular flexibility index (Phi) is 3.02. The van der Waals surface area contributed by atoms with Crippen LogP contribution in [0.1, 0.15) is 50.8 Å². The van der Waals surface area contributed by atoms with Crippen molar-refractivity contribution in [1.82, 2.24) is 10.2 Å². The number of halogens is 2. The summed E-state index contributed by atoms with van der Waals surface area (Å²) >= 11 is 6.01. The molecular weight excluding hydrogens is 315 g/mol. The predicted molar refractivity (Wildman–Crippen MR) is 86.6 cm³/mol. The molecule has 23 heavy (non-hydrogen) atoms. The van der Waals surface area contributed by atoms with E-state index < -0.39 is 5.82 Å². The van der Waals surface area contributed by atoms with E-state index in [0.717, 1.165) is 18.5 Å². The van der Waals surface area contributed by atoms with Crippen LogP contribution in [0.3, 0.4) is 0 Å². The summed E-state index contributed by atoms with van der Waals surface area (Å²) in [5, 5.41) is 8.81. The summed E-state index contributed by atoms with van der Waals surface area (Å²) in [7, 11) is 0. The lowest BCUT2D eigenvalue weighted by Crippen LogP contribution is -2.32. The molecule has 0 aliphatic heterocycles. The van der Waals surface area contributed by atoms with Crippen LogP contribution in [0, 0.1) is 11.2 Å². The van der Waals surface area contributed by atoms with Crippen molar-refractivity contribution in [3.05, 3.63) is 46.4 Å². The van der Waals surface area contributed by atoms with Gasteiger partial charge in [-0.1, -0.05) is 38.4 Å². The van der Waals surface area contributed by atoms with Crippen LogP contribution in [0.5, 0.6) is 11.6 Å². The first kappa shape index (κ1) is 14.9. The quantitative estimate of drug-likeness (QED) is 0.754. The summed E-state index contributed by atoms with van der Waals surface area (Å²) in [5.41, 5.74) is 2.44. The molecule has 0 radical (unpaired) electrons. The third-order valence-corrected chi connectivity index (χ3v) is 6.35. The van der Waals surface area contributed by atoms with Crippen molar-refractivity contribution in [2.75, 3.05) is 0 Å². The topological polar surface area (TPSA) is 35.0 Å². The Morgan fingerprint density at radius 3 is 2.78 bits per heavy atom. The molecule has 2 aliphatic carbocycles. The van der Waals surface area contributed by atoms with Crippen molar-refractivity contribution in [3.8, 4) is 11.6 Å². The van der Waals surface area contributed by atoms with Gasteiger partial charge in [0, 0.05) is 11.5 Å². The average Bonchev–Trinajstić information content (AvgIpc) is 2.83. The summed E-state index contributed by atoms with van der Waals surface area (Å²) in [4.78, 5) is 0. The molecular formula is C18H18ClFN2O. The number of benzene rings is 1. The van der Waals surface area contributed by atoms with Gasteiger partial charge in [-0.15, -0.1) is 5.10 Å². The van der Waals surface area contributed by atoms with E-state index in [0.29, 0.717) is 11.8 Å². The van der Waals surface area contributed by atoms with Crippen molar-refractivity contribution in [1.29, 1.82) is 0 Å². The molecule has 1 saturated carbocycles. The van der Waals surface area contributed by atoms with Gasteiger partial charge in [0.25, 0.3) is 0 Å². The SMILES string of the molecule is CC1(C)[C@H]2CC[C@]1(C)c1nnc(Oc3c(F)cccc3Cl)cc12. The van der Waals surface area contributed by atoms with Gasteiger partial charge >= 0.3 is 0 Å². The molecule has 2 aliphatic rings. The summed E-state index contributed by atoms with van der Waals surface area (Å²) in [6.45, 7) is 6.85. The van der Waals surface area contributed by atoms with Gasteiger partial charge in [0.05, 0.1) is 10.7 Å². The van der Waals surface area contributed by atoms with Crippen LogP contribution in [0.25, 0.3) is 0 Å². The second kappa shape index (κ2) is 4.67. The zero-order valence-electron chi connectivity index (χ0n) is 13.4. The van der Waals surface area contributed by atoms with Crippen LogP contribution in [0.4, 0.5) is 4.39 Å². The Bertz CT molecular complexity index is 787. The molecule has 3 nitrogen and oxygen atoms in total. The van der Waals surface area contributed by atoms with Crippen molar-refractivity contribution in [2.24, 2.45) is 5.41 Å². The highest BCUT2D eigenvalue weighted by atomic mass is 35.5. The van der Waals surface area contributed by atoms with E-state index in [4.69, 9.17) is 16.3 Å². The maximum atomic E-state index is 13.9. The predicted octanol–water partition coefficient (Wildman–Crippen LogP) is 5.24. The lowest BCUT2D eigenvalue weighted by molar-refractivity contribution is 0.226. The molecule has 0 saturated heterocycles. The fourth-order valence-corrected chi connectivity index (χ4v) is 4.49. The number of rotatable bonds is 2. The minimum Gasteiger partial charge on any atom is -0.433 e. The second-order valence-electron chi connectivity index (χ2n) is 7.28. The fraction of sp³-hybridized carbons (Fsp3) is 0.444. The minimum absolute atomic E-state index is 0.00274. The van der Waals surface area contributed by atoms with Crippen molar-refractivity contribution in [2.45, 2.75) is 44.9 Å². The maximum Gasteiger partial charge on any atom is 0.239 e. The highest BCUT2D eigenvalue weighted by molar-refractivity contribution is 6.32. The van der Waals surface area contributed by atoms with Crippen molar-refractivity contribution >= 4 is 11.6 Å². The van der Waals surface area contributed by atoms with E-state index in [-0.39, 0.29) is 21.6 Å². The van der Waals surface area contributed by atoms with E-state index in [9.17, 15) is 4.39 Å². The van der Waals surface area contributed by atoms with E-state index in [1.165, 1.54) is 11.6 Å². The maximum absolute atomic E-state index is 13.9. The molecule has 2 aromatic rings. The Hall–Kier alpha value is -1.68. The molecule has 0 N–H and O–H groups in total. The van der Waals surface area contributed by atoms with Gasteiger partial charge in [0.1, 0.15) is 0 Å². The minimum atomic E-state index is -0.506. The molecule has 1 aromatic carbocycles. The Balaban J connectivity index is 1.75. The van der Waals surface area contributed by atoms with Crippen LogP contribution in [-0.2, 0) is 5.41 Å². The van der Waals surface area contributed by atoms with Crippen molar-refractivity contribution in [3.63, 3.8) is 0 Å². The molecule has 120 valence electrons. The number of ether oxygens (including phenoxy) is 1. The van der Waals surface area contributed by atoms with Gasteiger partial charge in [0.2, 0.25) is 5.88 Å². The number of fused-ring (bicyclic) bond motifs is 5. The standard InChI is InChI=1S/C18H18ClFN2O/c1-17(2)11-7-8-18(17,3)16-10(11)9-14(21-22-16)23-15-12(19)5-4-6-13(15)20/h4-6,9,11H,7-8H2,1-3H3/t11-,18+/m0/s1. The molecule has 4 rings (SSSR count). The lowest BCUT2D eigenvalue weighted by Gasteiger charge is -2.33. The van der Waals surface area contributed by atoms with Gasteiger partial charge < -0.3 is 4.74 Å². The van der Waals surface area contributed by atoms with Crippen LogP contribution in [-0.4, -0.2) is 10.2 Å². The first-order valence-electron chi connectivity index (χ1n) is 7.84. The Morgan fingerprint density at radius 1 is 1.26 bits per heavy atom. The molecule has 2 atom stereocenters. The molecule has 1 heterocycles. The zero-order valence-corrected chi connectivity index (χ0v) is 14.1. The van der Waals surface area contributed by atoms with Crippen molar-refractivity contribution < 1.29 is 9.13 Å². The second-order valence-corrected chi connectivity index (χ2v) is 7.69. The van der Waals surface area contributed by atoms with E-state index in [1.54, 1.807) is 12.1 Å². The lowest BCUT2D eigenvalue weighted by atomic mass is 9.70. The van der Waals surface area contributed by atoms with Gasteiger partial charge in [-0.25, -0.2) is 4.39 Å². The first-order chi connectivity index (χ1) is 10.8. The van der Waals surface area contributed by atoms with Crippen LogP contribution in [0.15, 0.2) is 24.3 Å². The van der Waals surface area contributed by atoms with Crippen LogP contribution >= 0.6 is 11.6 Å². The Morgan fingerprint density at radius 2 is 2.04 bits per heavy atom. The van der Waals surface area contributed by atoms with E-state index >= 15 is 0 Å². The summed E-state index contributed by atoms with van der Waals surface area (Å²) in [6.07, 6.45) is 2.27. The summed E-state index contributed by atoms with van der Waals surface area (Å²) in [6, 6.07) is 6.35. The zero-order chi connectivity index (χ0) is 16.4. The van der Waals surface area contributed by atoms with Gasteiger partial charge in [-0.05, 0) is 41.9 Å². The monoisotopic (exact) mass is 332 g/mol. The molecule has 2 bridgehead atoms. The highest BCUT2D eigenvalue weighted by Crippen LogP contribution is 2.67. The average molecular weight is 333 g/mol. The summed E-state index contributed by atoms with van der Waals surface area (Å²) < 4.78 is 19.5. The molecule has 1 fully saturated rings. The normalized spacial score (nSPS) is 27.1. The number of hydrogen-bond acceptors (Lipinski definition) is 3. The largest absolute Gasteiger partial charge is 0.433 e. The summed E-state index contributed by atoms with van der Waals surface area (Å²) in [5.74, 6) is 0.227. The number of aromatic nitrogens is 2. The van der Waals surface area contributed by atoms with Crippen LogP contribution < -0.4 is 4.74 Å². The highest BCUT2D eigenvalue weighted by Gasteiger charge is 2.60. The van der Waals surface area contributed by atoms with E-state index in [1.807, 2.05) is 6.07 Å². The smallest absolute Gasteiger partial charge is 0.239 e. The molecule has 0 spiro atoms. The number of hydrogen-bond donors (Lipinski definition) is 0. The molecule has 1 aromatic heterocycles. The molecule has 0 amide bonds. The Labute approximate surface area is 139 Å². The van der Waals surface area contributed by atoms with Gasteiger partial charge in [0.15, 0.2) is 11.6 Å². The first-order valence-corrected chi connectivity index (χ1v) is 8.22. The third-order valence-electron chi connectivity index (χ3n) is 6.05. The fourth-order valence-electron chi connectivity index (χ4n) is 4.28. The number of para-hydroxylation sites is 1. The molecule has 5 heteroatoms. The third kappa shape index (κ3) is 1.87. The van der Waals surface area contributed by atoms with Gasteiger partial charge in [-0.3, -0.25) is 0 Å².